The van der Waals surface area contributed by atoms with Crippen molar-refractivity contribution in [3.8, 4) is 11.5 Å². The summed E-state index contributed by atoms with van der Waals surface area (Å²) < 4.78 is 61.9. The van der Waals surface area contributed by atoms with Gasteiger partial charge < -0.3 is 19.5 Å². The van der Waals surface area contributed by atoms with Crippen molar-refractivity contribution in [2.75, 3.05) is 18.1 Å². The standard InChI is InChI=1S/C24H18ClF4NO5/c25-15-6-12(7-21(31)32)4-5-16(15)30-9-14-18(35-11-20(28)29)8-13-2-1-3-17(34-10-19(26)27)22(13)23(14)24(30)33/h1-6,8,19-20H,7,9-11H2,(H,31,32). The lowest BCUT2D eigenvalue weighted by Crippen LogP contribution is -2.23. The van der Waals surface area contributed by atoms with E-state index in [-0.39, 0.29) is 51.7 Å². The molecule has 1 amide bonds. The van der Waals surface area contributed by atoms with Gasteiger partial charge in [-0.3, -0.25) is 9.59 Å². The van der Waals surface area contributed by atoms with Crippen LogP contribution in [-0.2, 0) is 17.8 Å². The van der Waals surface area contributed by atoms with Crippen molar-refractivity contribution in [3.05, 3.63) is 64.2 Å². The third kappa shape index (κ3) is 5.12. The molecule has 0 unspecified atom stereocenters. The Labute approximate surface area is 201 Å². The zero-order valence-electron chi connectivity index (χ0n) is 17.9. The number of nitrogens with zero attached hydrogens (tertiary/aromatic N) is 1. The van der Waals surface area contributed by atoms with E-state index in [1.54, 1.807) is 6.07 Å². The molecule has 0 radical (unpaired) electrons. The number of alkyl halides is 4. The molecule has 1 aliphatic heterocycles. The highest BCUT2D eigenvalue weighted by molar-refractivity contribution is 6.34. The maximum atomic E-state index is 13.6. The number of rotatable bonds is 9. The molecule has 0 bridgehead atoms. The summed E-state index contributed by atoms with van der Waals surface area (Å²) >= 11 is 6.35. The number of fused-ring (bicyclic) bond motifs is 3. The Morgan fingerprint density at radius 2 is 1.71 bits per heavy atom. The second kappa shape index (κ2) is 9.99. The van der Waals surface area contributed by atoms with E-state index >= 15 is 0 Å². The minimum absolute atomic E-state index is 0.0394. The summed E-state index contributed by atoms with van der Waals surface area (Å²) in [4.78, 5) is 25.8. The topological polar surface area (TPSA) is 76.1 Å². The third-order valence-corrected chi connectivity index (χ3v) is 5.66. The van der Waals surface area contributed by atoms with Gasteiger partial charge in [0.15, 0.2) is 0 Å². The smallest absolute Gasteiger partial charge is 0.307 e. The van der Waals surface area contributed by atoms with Gasteiger partial charge in [0.2, 0.25) is 0 Å². The fourth-order valence-electron chi connectivity index (χ4n) is 4.00. The molecular weight excluding hydrogens is 494 g/mol. The van der Waals surface area contributed by atoms with E-state index < -0.39 is 37.9 Å². The average Bonchev–Trinajstić information content (AvgIpc) is 3.12. The van der Waals surface area contributed by atoms with Crippen LogP contribution >= 0.6 is 11.6 Å². The molecule has 11 heteroatoms. The lowest BCUT2D eigenvalue weighted by atomic mass is 9.98. The van der Waals surface area contributed by atoms with Gasteiger partial charge in [-0.05, 0) is 35.2 Å². The Hall–Kier alpha value is -3.53. The van der Waals surface area contributed by atoms with Gasteiger partial charge in [-0.15, -0.1) is 0 Å². The number of carboxylic acids is 1. The van der Waals surface area contributed by atoms with Crippen LogP contribution in [0.25, 0.3) is 10.8 Å². The zero-order valence-corrected chi connectivity index (χ0v) is 18.7. The lowest BCUT2D eigenvalue weighted by Gasteiger charge is -2.18. The second-order valence-electron chi connectivity index (χ2n) is 7.73. The van der Waals surface area contributed by atoms with Crippen molar-refractivity contribution in [1.82, 2.24) is 0 Å². The molecule has 0 aliphatic carbocycles. The number of hydrogen-bond acceptors (Lipinski definition) is 4. The number of ether oxygens (including phenoxy) is 2. The number of halogens is 5. The fourth-order valence-corrected chi connectivity index (χ4v) is 4.30. The quantitative estimate of drug-likeness (QED) is 0.380. The monoisotopic (exact) mass is 511 g/mol. The molecule has 0 atom stereocenters. The average molecular weight is 512 g/mol. The van der Waals surface area contributed by atoms with Crippen LogP contribution < -0.4 is 14.4 Å². The van der Waals surface area contributed by atoms with Crippen LogP contribution in [0, 0.1) is 0 Å². The van der Waals surface area contributed by atoms with Crippen LogP contribution in [-0.4, -0.2) is 43.0 Å². The predicted molar refractivity (Wildman–Crippen MR) is 120 cm³/mol. The molecule has 6 nitrogen and oxygen atoms in total. The molecule has 3 aromatic rings. The molecule has 0 saturated heterocycles. The number of amides is 1. The first-order chi connectivity index (χ1) is 16.7. The van der Waals surface area contributed by atoms with E-state index in [0.717, 1.165) is 0 Å². The van der Waals surface area contributed by atoms with Crippen molar-refractivity contribution in [2.24, 2.45) is 0 Å². The van der Waals surface area contributed by atoms with E-state index in [2.05, 4.69) is 0 Å². The maximum absolute atomic E-state index is 13.6. The Morgan fingerprint density at radius 3 is 2.34 bits per heavy atom. The Balaban J connectivity index is 1.82. The molecule has 4 rings (SSSR count). The minimum Gasteiger partial charge on any atom is -0.487 e. The molecule has 0 aromatic heterocycles. The van der Waals surface area contributed by atoms with Gasteiger partial charge in [-0.25, -0.2) is 17.6 Å². The van der Waals surface area contributed by atoms with Crippen LogP contribution in [0.4, 0.5) is 23.2 Å². The van der Waals surface area contributed by atoms with E-state index in [4.69, 9.17) is 26.2 Å². The highest BCUT2D eigenvalue weighted by atomic mass is 35.5. The zero-order chi connectivity index (χ0) is 25.3. The van der Waals surface area contributed by atoms with Crippen molar-refractivity contribution in [3.63, 3.8) is 0 Å². The highest BCUT2D eigenvalue weighted by Crippen LogP contribution is 2.44. The van der Waals surface area contributed by atoms with Crippen LogP contribution in [0.2, 0.25) is 5.02 Å². The van der Waals surface area contributed by atoms with Crippen LogP contribution in [0.5, 0.6) is 11.5 Å². The summed E-state index contributed by atoms with van der Waals surface area (Å²) in [6, 6.07) is 10.4. The van der Waals surface area contributed by atoms with Gasteiger partial charge in [0.25, 0.3) is 18.8 Å². The van der Waals surface area contributed by atoms with Gasteiger partial charge >= 0.3 is 5.97 Å². The summed E-state index contributed by atoms with van der Waals surface area (Å²) in [7, 11) is 0. The van der Waals surface area contributed by atoms with E-state index in [1.165, 1.54) is 41.3 Å². The minimum atomic E-state index is -2.76. The molecule has 0 saturated carbocycles. The summed E-state index contributed by atoms with van der Waals surface area (Å²) in [6.45, 7) is -1.89. The summed E-state index contributed by atoms with van der Waals surface area (Å²) in [5.74, 6) is -1.53. The SMILES string of the molecule is O=C(O)Cc1ccc(N2Cc3c(OCC(F)F)cc4cccc(OCC(F)F)c4c3C2=O)c(Cl)c1. The van der Waals surface area contributed by atoms with Gasteiger partial charge in [-0.2, -0.15) is 0 Å². The molecule has 0 spiro atoms. The Bertz CT molecular complexity index is 1300. The fraction of sp³-hybridized carbons (Fsp3) is 0.250. The van der Waals surface area contributed by atoms with Crippen molar-refractivity contribution in [1.29, 1.82) is 0 Å². The summed E-state index contributed by atoms with van der Waals surface area (Å²) in [5, 5.41) is 9.74. The molecule has 184 valence electrons. The van der Waals surface area contributed by atoms with Gasteiger partial charge in [-0.1, -0.05) is 29.8 Å². The first kappa shape index (κ1) is 24.6. The Morgan fingerprint density at radius 1 is 1.03 bits per heavy atom. The van der Waals surface area contributed by atoms with Gasteiger partial charge in [0.05, 0.1) is 29.2 Å². The van der Waals surface area contributed by atoms with Gasteiger partial charge in [0, 0.05) is 10.9 Å². The molecule has 3 aromatic carbocycles. The number of carboxylic acid groups (broad SMARTS) is 1. The second-order valence-corrected chi connectivity index (χ2v) is 8.14. The number of aliphatic carboxylic acids is 1. The van der Waals surface area contributed by atoms with Crippen molar-refractivity contribution < 1.29 is 41.7 Å². The maximum Gasteiger partial charge on any atom is 0.307 e. The summed E-state index contributed by atoms with van der Waals surface area (Å²) in [5.41, 5.74) is 1.04. The van der Waals surface area contributed by atoms with Gasteiger partial charge in [0.1, 0.15) is 24.7 Å². The van der Waals surface area contributed by atoms with E-state index in [1.807, 2.05) is 0 Å². The number of carbonyl (C=O) groups excluding carboxylic acids is 1. The van der Waals surface area contributed by atoms with E-state index in [0.29, 0.717) is 10.9 Å². The highest BCUT2D eigenvalue weighted by Gasteiger charge is 2.35. The normalized spacial score (nSPS) is 13.1. The predicted octanol–water partition coefficient (Wildman–Crippen LogP) is 5.57. The molecular formula is C24H18ClF4NO5. The van der Waals surface area contributed by atoms with Crippen LogP contribution in [0.1, 0.15) is 21.5 Å². The molecule has 0 fully saturated rings. The Kier molecular flexibility index (Phi) is 7.02. The number of anilines is 1. The largest absolute Gasteiger partial charge is 0.487 e. The van der Waals surface area contributed by atoms with Crippen LogP contribution in [0.15, 0.2) is 42.5 Å². The molecule has 1 aliphatic rings. The molecule has 1 N–H and O–H groups in total. The van der Waals surface area contributed by atoms with Crippen LogP contribution in [0.3, 0.4) is 0 Å². The first-order valence-corrected chi connectivity index (χ1v) is 10.8. The molecule has 35 heavy (non-hydrogen) atoms. The first-order valence-electron chi connectivity index (χ1n) is 10.4. The lowest BCUT2D eigenvalue weighted by molar-refractivity contribution is -0.136. The number of benzene rings is 3. The third-order valence-electron chi connectivity index (χ3n) is 5.36. The van der Waals surface area contributed by atoms with Crippen molar-refractivity contribution in [2.45, 2.75) is 25.8 Å². The summed E-state index contributed by atoms with van der Waals surface area (Å²) in [6.07, 6.45) is -5.77. The number of carbonyl (C=O) groups is 2. The van der Waals surface area contributed by atoms with Crippen molar-refractivity contribution >= 4 is 39.9 Å². The number of hydrogen-bond donors (Lipinski definition) is 1. The van der Waals surface area contributed by atoms with E-state index in [9.17, 15) is 27.2 Å². The molecule has 1 heterocycles.